The number of rotatable bonds is 5. The second-order valence-corrected chi connectivity index (χ2v) is 6.70. The molecular formula is C12H12N6O5S. The van der Waals surface area contributed by atoms with Crippen LogP contribution in [0, 0.1) is 0 Å². The number of carbonyl (C=O) groups excluding carboxylic acids is 1. The van der Waals surface area contributed by atoms with Gasteiger partial charge in [-0.3, -0.25) is 14.5 Å². The first-order valence-electron chi connectivity index (χ1n) is 6.59. The zero-order valence-electron chi connectivity index (χ0n) is 12.3. The van der Waals surface area contributed by atoms with Gasteiger partial charge in [0.1, 0.15) is 6.54 Å². The van der Waals surface area contributed by atoms with Crippen molar-refractivity contribution >= 4 is 38.5 Å². The van der Waals surface area contributed by atoms with Gasteiger partial charge < -0.3 is 9.73 Å². The van der Waals surface area contributed by atoms with Crippen LogP contribution in [0.4, 0.5) is 11.5 Å². The molecule has 2 heterocycles. The van der Waals surface area contributed by atoms with Crippen molar-refractivity contribution in [2.45, 2.75) is 6.54 Å². The van der Waals surface area contributed by atoms with Gasteiger partial charge in [0.05, 0.1) is 18.0 Å². The fourth-order valence-electron chi connectivity index (χ4n) is 1.98. The number of nitrogens with one attached hydrogen (secondary N) is 3. The van der Waals surface area contributed by atoms with Gasteiger partial charge in [-0.05, 0) is 12.1 Å². The van der Waals surface area contributed by atoms with Crippen molar-refractivity contribution in [2.24, 2.45) is 0 Å². The molecule has 0 spiro atoms. The van der Waals surface area contributed by atoms with Gasteiger partial charge in [-0.1, -0.05) is 5.21 Å². The van der Waals surface area contributed by atoms with E-state index in [1.807, 2.05) is 0 Å². The van der Waals surface area contributed by atoms with E-state index in [4.69, 9.17) is 4.42 Å². The van der Waals surface area contributed by atoms with Gasteiger partial charge in [-0.15, -0.1) is 5.10 Å². The minimum atomic E-state index is -3.46. The van der Waals surface area contributed by atoms with Crippen LogP contribution in [-0.2, 0) is 21.4 Å². The summed E-state index contributed by atoms with van der Waals surface area (Å²) >= 11 is 0. The second kappa shape index (κ2) is 5.81. The fourth-order valence-corrected chi connectivity index (χ4v) is 2.46. The van der Waals surface area contributed by atoms with Crippen LogP contribution >= 0.6 is 0 Å². The monoisotopic (exact) mass is 352 g/mol. The van der Waals surface area contributed by atoms with E-state index in [1.54, 1.807) is 12.1 Å². The van der Waals surface area contributed by atoms with Crippen molar-refractivity contribution in [2.75, 3.05) is 16.3 Å². The van der Waals surface area contributed by atoms with Gasteiger partial charge in [0.2, 0.25) is 15.9 Å². The van der Waals surface area contributed by atoms with Gasteiger partial charge >= 0.3 is 5.76 Å². The Balaban J connectivity index is 1.67. The molecule has 0 saturated heterocycles. The van der Waals surface area contributed by atoms with Crippen molar-refractivity contribution in [3.05, 3.63) is 34.9 Å². The topological polar surface area (TPSA) is 152 Å². The number of aromatic nitrogens is 4. The number of H-pyrrole nitrogens is 1. The third-order valence-corrected chi connectivity index (χ3v) is 3.42. The summed E-state index contributed by atoms with van der Waals surface area (Å²) in [6.07, 6.45) is 2.27. The zero-order valence-corrected chi connectivity index (χ0v) is 13.1. The van der Waals surface area contributed by atoms with Crippen molar-refractivity contribution in [1.82, 2.24) is 20.0 Å². The molecule has 2 aromatic heterocycles. The molecule has 11 nitrogen and oxygen atoms in total. The highest BCUT2D eigenvalue weighted by molar-refractivity contribution is 7.92. The molecule has 12 heteroatoms. The van der Waals surface area contributed by atoms with Gasteiger partial charge in [0, 0.05) is 11.8 Å². The molecule has 3 aromatic rings. The molecule has 0 unspecified atom stereocenters. The Bertz CT molecular complexity index is 1060. The van der Waals surface area contributed by atoms with E-state index < -0.39 is 21.7 Å². The Morgan fingerprint density at radius 3 is 2.96 bits per heavy atom. The standard InChI is InChI=1S/C12H12N6O5S/c1-24(21,22)16-10-5-18(17-15-10)6-11(19)13-7-2-3-8-9(4-7)23-12(20)14-8/h2-5,16H,6H2,1H3,(H,13,19)(H,14,20). The largest absolute Gasteiger partial charge is 0.417 e. The lowest BCUT2D eigenvalue weighted by Gasteiger charge is -2.04. The maximum absolute atomic E-state index is 12.0. The molecule has 3 rings (SSSR count). The smallest absolute Gasteiger partial charge is 0.408 e. The number of fused-ring (bicyclic) bond motifs is 1. The third-order valence-electron chi connectivity index (χ3n) is 2.84. The van der Waals surface area contributed by atoms with E-state index in [9.17, 15) is 18.0 Å². The van der Waals surface area contributed by atoms with E-state index in [0.717, 1.165) is 6.26 Å². The van der Waals surface area contributed by atoms with Gasteiger partial charge in [0.15, 0.2) is 11.4 Å². The summed E-state index contributed by atoms with van der Waals surface area (Å²) in [6, 6.07) is 4.70. The van der Waals surface area contributed by atoms with Crippen LogP contribution in [0.3, 0.4) is 0 Å². The molecule has 0 radical (unpaired) electrons. The number of sulfonamides is 1. The van der Waals surface area contributed by atoms with Gasteiger partial charge in [-0.25, -0.2) is 17.9 Å². The number of carbonyl (C=O) groups is 1. The first kappa shape index (κ1) is 15.7. The molecule has 0 saturated carbocycles. The molecule has 24 heavy (non-hydrogen) atoms. The average molecular weight is 352 g/mol. The molecule has 0 aliphatic rings. The number of nitrogens with zero attached hydrogens (tertiary/aromatic N) is 3. The molecule has 1 aromatic carbocycles. The number of amides is 1. The lowest BCUT2D eigenvalue weighted by Crippen LogP contribution is -2.19. The normalized spacial score (nSPS) is 11.5. The summed E-state index contributed by atoms with van der Waals surface area (Å²) in [5.74, 6) is -0.981. The maximum atomic E-state index is 12.0. The molecule has 0 atom stereocenters. The number of hydrogen-bond acceptors (Lipinski definition) is 7. The van der Waals surface area contributed by atoms with Crippen molar-refractivity contribution < 1.29 is 17.6 Å². The Hall–Kier alpha value is -3.15. The Labute approximate surface area is 134 Å². The minimum absolute atomic E-state index is 0.0146. The van der Waals surface area contributed by atoms with Crippen LogP contribution in [0.5, 0.6) is 0 Å². The van der Waals surface area contributed by atoms with Crippen LogP contribution in [0.2, 0.25) is 0 Å². The highest BCUT2D eigenvalue weighted by Crippen LogP contribution is 2.16. The molecule has 0 aliphatic carbocycles. The molecular weight excluding hydrogens is 340 g/mol. The highest BCUT2D eigenvalue weighted by atomic mass is 32.2. The molecule has 126 valence electrons. The molecule has 0 bridgehead atoms. The summed E-state index contributed by atoms with van der Waals surface area (Å²) in [6.45, 7) is -0.173. The van der Waals surface area contributed by atoms with E-state index in [0.29, 0.717) is 16.8 Å². The lowest BCUT2D eigenvalue weighted by molar-refractivity contribution is -0.116. The van der Waals surface area contributed by atoms with Crippen LogP contribution in [-0.4, -0.2) is 40.6 Å². The number of aromatic amines is 1. The van der Waals surface area contributed by atoms with E-state index in [1.165, 1.54) is 16.9 Å². The molecule has 3 N–H and O–H groups in total. The Kier molecular flexibility index (Phi) is 3.81. The van der Waals surface area contributed by atoms with Crippen molar-refractivity contribution in [3.63, 3.8) is 0 Å². The number of oxazole rings is 1. The molecule has 1 amide bonds. The van der Waals surface area contributed by atoms with E-state index in [-0.39, 0.29) is 12.4 Å². The molecule has 0 fully saturated rings. The molecule has 0 aliphatic heterocycles. The van der Waals surface area contributed by atoms with E-state index >= 15 is 0 Å². The summed E-state index contributed by atoms with van der Waals surface area (Å²) in [7, 11) is -3.46. The summed E-state index contributed by atoms with van der Waals surface area (Å²) in [4.78, 5) is 25.6. The minimum Gasteiger partial charge on any atom is -0.408 e. The average Bonchev–Trinajstić information content (AvgIpc) is 3.01. The van der Waals surface area contributed by atoms with Crippen molar-refractivity contribution in [3.8, 4) is 0 Å². The number of benzene rings is 1. The SMILES string of the molecule is CS(=O)(=O)Nc1cn(CC(=O)Nc2ccc3[nH]c(=O)oc3c2)nn1. The number of anilines is 2. The van der Waals surface area contributed by atoms with Crippen LogP contribution in [0.1, 0.15) is 0 Å². The fraction of sp³-hybridized carbons (Fsp3) is 0.167. The van der Waals surface area contributed by atoms with Crippen LogP contribution in [0.25, 0.3) is 11.1 Å². The summed E-state index contributed by atoms with van der Waals surface area (Å²) in [5, 5.41) is 9.85. The third kappa shape index (κ3) is 3.78. The Morgan fingerprint density at radius 2 is 2.21 bits per heavy atom. The quantitative estimate of drug-likeness (QED) is 0.571. The first-order valence-corrected chi connectivity index (χ1v) is 8.48. The number of hydrogen-bond donors (Lipinski definition) is 3. The summed E-state index contributed by atoms with van der Waals surface area (Å²) < 4.78 is 30.4. The summed E-state index contributed by atoms with van der Waals surface area (Å²) in [5.41, 5.74) is 1.27. The van der Waals surface area contributed by atoms with Gasteiger partial charge in [-0.2, -0.15) is 0 Å². The first-order chi connectivity index (χ1) is 11.3. The lowest BCUT2D eigenvalue weighted by atomic mass is 10.3. The van der Waals surface area contributed by atoms with Gasteiger partial charge in [0.25, 0.3) is 0 Å². The predicted octanol–water partition coefficient (Wildman–Crippen LogP) is -0.277. The highest BCUT2D eigenvalue weighted by Gasteiger charge is 2.10. The van der Waals surface area contributed by atoms with Crippen LogP contribution in [0.15, 0.2) is 33.6 Å². The predicted molar refractivity (Wildman–Crippen MR) is 84.0 cm³/mol. The Morgan fingerprint density at radius 1 is 1.42 bits per heavy atom. The second-order valence-electron chi connectivity index (χ2n) is 4.95. The van der Waals surface area contributed by atoms with Crippen molar-refractivity contribution in [1.29, 1.82) is 0 Å². The zero-order chi connectivity index (χ0) is 17.3. The van der Waals surface area contributed by atoms with Crippen LogP contribution < -0.4 is 15.8 Å². The van der Waals surface area contributed by atoms with E-state index in [2.05, 4.69) is 25.3 Å². The maximum Gasteiger partial charge on any atom is 0.417 e.